The largest absolute Gasteiger partial charge is 0.423 e. The van der Waals surface area contributed by atoms with Crippen LogP contribution in [0, 0.1) is 0 Å². The van der Waals surface area contributed by atoms with Gasteiger partial charge >= 0.3 is 0 Å². The molecule has 1 N–H and O–H groups in total. The molecular formula is C19H15ClN4O2. The number of rotatable bonds is 5. The average Bonchev–Trinajstić information content (AvgIpc) is 3.29. The molecule has 1 amide bonds. The minimum atomic E-state index is -0.109. The summed E-state index contributed by atoms with van der Waals surface area (Å²) in [5, 5.41) is 12.2. The standard InChI is InChI=1S/C19H15ClN4O2/c20-16-7-3-1-5-13(16)9-21-18(25)11-24-10-15(19-23-22-12-26-19)14-6-2-4-8-17(14)24/h1-8,10,12H,9,11H2,(H,21,25). The number of carbonyl (C=O) groups excluding carboxylic acids is 1. The first-order chi connectivity index (χ1) is 12.7. The second-order valence-corrected chi connectivity index (χ2v) is 6.21. The second-order valence-electron chi connectivity index (χ2n) is 5.80. The summed E-state index contributed by atoms with van der Waals surface area (Å²) < 4.78 is 7.19. The maximum absolute atomic E-state index is 12.4. The van der Waals surface area contributed by atoms with E-state index in [-0.39, 0.29) is 12.5 Å². The predicted molar refractivity (Wildman–Crippen MR) is 98.5 cm³/mol. The minimum Gasteiger partial charge on any atom is -0.423 e. The molecule has 0 bridgehead atoms. The van der Waals surface area contributed by atoms with Crippen molar-refractivity contribution >= 4 is 28.4 Å². The maximum atomic E-state index is 12.4. The third kappa shape index (κ3) is 3.19. The first-order valence-corrected chi connectivity index (χ1v) is 8.44. The van der Waals surface area contributed by atoms with Crippen molar-refractivity contribution in [1.29, 1.82) is 0 Å². The van der Waals surface area contributed by atoms with Crippen LogP contribution >= 0.6 is 11.6 Å². The Morgan fingerprint density at radius 3 is 2.77 bits per heavy atom. The van der Waals surface area contributed by atoms with E-state index in [1.807, 2.05) is 53.2 Å². The summed E-state index contributed by atoms with van der Waals surface area (Å²) in [4.78, 5) is 12.4. The predicted octanol–water partition coefficient (Wildman–Crippen LogP) is 3.66. The van der Waals surface area contributed by atoms with E-state index < -0.39 is 0 Å². The Kier molecular flexibility index (Phi) is 4.41. The summed E-state index contributed by atoms with van der Waals surface area (Å²) in [6, 6.07) is 15.2. The Morgan fingerprint density at radius 1 is 1.15 bits per heavy atom. The SMILES string of the molecule is O=C(Cn1cc(-c2nnco2)c2ccccc21)NCc1ccccc1Cl. The molecule has 0 aliphatic heterocycles. The summed E-state index contributed by atoms with van der Waals surface area (Å²) in [6.07, 6.45) is 3.14. The highest BCUT2D eigenvalue weighted by Gasteiger charge is 2.15. The molecule has 4 aromatic rings. The van der Waals surface area contributed by atoms with Crippen LogP contribution in [0.1, 0.15) is 5.56 Å². The summed E-state index contributed by atoms with van der Waals surface area (Å²) in [5.74, 6) is 0.319. The van der Waals surface area contributed by atoms with Crippen molar-refractivity contribution in [3.63, 3.8) is 0 Å². The lowest BCUT2D eigenvalue weighted by Gasteiger charge is -2.08. The van der Waals surface area contributed by atoms with Crippen molar-refractivity contribution in [2.75, 3.05) is 0 Å². The Balaban J connectivity index is 1.56. The number of hydrogen-bond acceptors (Lipinski definition) is 4. The molecule has 4 rings (SSSR count). The van der Waals surface area contributed by atoms with Gasteiger partial charge in [-0.2, -0.15) is 0 Å². The molecule has 0 fully saturated rings. The van der Waals surface area contributed by atoms with Crippen molar-refractivity contribution in [2.45, 2.75) is 13.1 Å². The number of nitrogens with one attached hydrogen (secondary N) is 1. The Hall–Kier alpha value is -3.12. The topological polar surface area (TPSA) is 73.0 Å². The lowest BCUT2D eigenvalue weighted by molar-refractivity contribution is -0.121. The molecule has 2 aromatic heterocycles. The van der Waals surface area contributed by atoms with E-state index in [1.54, 1.807) is 6.07 Å². The molecule has 0 aliphatic carbocycles. The van der Waals surface area contributed by atoms with Gasteiger partial charge in [0, 0.05) is 28.7 Å². The molecule has 7 heteroatoms. The van der Waals surface area contributed by atoms with Gasteiger partial charge in [0.1, 0.15) is 6.54 Å². The van der Waals surface area contributed by atoms with Gasteiger partial charge in [-0.05, 0) is 17.7 Å². The van der Waals surface area contributed by atoms with Crippen molar-refractivity contribution in [3.8, 4) is 11.5 Å². The molecule has 0 atom stereocenters. The fourth-order valence-corrected chi connectivity index (χ4v) is 3.09. The Morgan fingerprint density at radius 2 is 1.96 bits per heavy atom. The minimum absolute atomic E-state index is 0.109. The summed E-state index contributed by atoms with van der Waals surface area (Å²) >= 11 is 6.13. The number of benzene rings is 2. The van der Waals surface area contributed by atoms with E-state index in [1.165, 1.54) is 6.39 Å². The van der Waals surface area contributed by atoms with Gasteiger partial charge in [0.25, 0.3) is 0 Å². The monoisotopic (exact) mass is 366 g/mol. The van der Waals surface area contributed by atoms with Gasteiger partial charge in [-0.1, -0.05) is 48.0 Å². The normalized spacial score (nSPS) is 11.0. The third-order valence-corrected chi connectivity index (χ3v) is 4.50. The van der Waals surface area contributed by atoms with Crippen molar-refractivity contribution in [2.24, 2.45) is 0 Å². The number of carbonyl (C=O) groups is 1. The molecule has 0 spiro atoms. The molecule has 0 radical (unpaired) electrons. The zero-order chi connectivity index (χ0) is 17.9. The van der Waals surface area contributed by atoms with Crippen LogP contribution in [0.15, 0.2) is 65.5 Å². The van der Waals surface area contributed by atoms with E-state index in [0.717, 1.165) is 22.0 Å². The summed E-state index contributed by atoms with van der Waals surface area (Å²) in [5.41, 5.74) is 2.61. The Labute approximate surface area is 154 Å². The highest BCUT2D eigenvalue weighted by atomic mass is 35.5. The van der Waals surface area contributed by atoms with Crippen LogP contribution in [-0.4, -0.2) is 20.7 Å². The zero-order valence-electron chi connectivity index (χ0n) is 13.7. The quantitative estimate of drug-likeness (QED) is 0.585. The van der Waals surface area contributed by atoms with Crippen LogP contribution in [0.25, 0.3) is 22.4 Å². The molecule has 0 saturated carbocycles. The summed E-state index contributed by atoms with van der Waals surface area (Å²) in [7, 11) is 0. The van der Waals surface area contributed by atoms with Gasteiger partial charge < -0.3 is 14.3 Å². The van der Waals surface area contributed by atoms with Crippen molar-refractivity contribution < 1.29 is 9.21 Å². The molecule has 2 aromatic carbocycles. The first kappa shape index (κ1) is 16.4. The zero-order valence-corrected chi connectivity index (χ0v) is 14.5. The van der Waals surface area contributed by atoms with Crippen LogP contribution < -0.4 is 5.32 Å². The number of halogens is 1. The highest BCUT2D eigenvalue weighted by molar-refractivity contribution is 6.31. The average molecular weight is 367 g/mol. The number of para-hydroxylation sites is 1. The fourth-order valence-electron chi connectivity index (χ4n) is 2.88. The lowest BCUT2D eigenvalue weighted by Crippen LogP contribution is -2.26. The van der Waals surface area contributed by atoms with Crippen LogP contribution in [-0.2, 0) is 17.9 Å². The van der Waals surface area contributed by atoms with Crippen LogP contribution in [0.5, 0.6) is 0 Å². The molecule has 6 nitrogen and oxygen atoms in total. The van der Waals surface area contributed by atoms with Gasteiger partial charge in [0.05, 0.1) is 5.56 Å². The van der Waals surface area contributed by atoms with Crippen molar-refractivity contribution in [3.05, 3.63) is 71.7 Å². The number of aromatic nitrogens is 3. The summed E-state index contributed by atoms with van der Waals surface area (Å²) in [6.45, 7) is 0.563. The van der Waals surface area contributed by atoms with Gasteiger partial charge in [0.15, 0.2) is 0 Å². The Bertz CT molecular complexity index is 1060. The molecule has 0 unspecified atom stereocenters. The second kappa shape index (κ2) is 7.01. The van der Waals surface area contributed by atoms with Gasteiger partial charge in [0.2, 0.25) is 18.2 Å². The molecule has 130 valence electrons. The van der Waals surface area contributed by atoms with E-state index in [2.05, 4.69) is 15.5 Å². The van der Waals surface area contributed by atoms with Crippen molar-refractivity contribution in [1.82, 2.24) is 20.1 Å². The van der Waals surface area contributed by atoms with E-state index in [9.17, 15) is 4.79 Å². The fraction of sp³-hybridized carbons (Fsp3) is 0.105. The highest BCUT2D eigenvalue weighted by Crippen LogP contribution is 2.29. The van der Waals surface area contributed by atoms with E-state index in [4.69, 9.17) is 16.0 Å². The van der Waals surface area contributed by atoms with Gasteiger partial charge in [-0.3, -0.25) is 4.79 Å². The number of nitrogens with zero attached hydrogens (tertiary/aromatic N) is 3. The smallest absolute Gasteiger partial charge is 0.249 e. The first-order valence-electron chi connectivity index (χ1n) is 8.07. The molecule has 0 saturated heterocycles. The lowest BCUT2D eigenvalue weighted by atomic mass is 10.2. The number of hydrogen-bond donors (Lipinski definition) is 1. The van der Waals surface area contributed by atoms with Crippen LogP contribution in [0.3, 0.4) is 0 Å². The molecule has 2 heterocycles. The van der Waals surface area contributed by atoms with E-state index in [0.29, 0.717) is 17.5 Å². The molecule has 0 aliphatic rings. The van der Waals surface area contributed by atoms with Crippen LogP contribution in [0.4, 0.5) is 0 Å². The number of fused-ring (bicyclic) bond motifs is 1. The maximum Gasteiger partial charge on any atom is 0.249 e. The van der Waals surface area contributed by atoms with Crippen LogP contribution in [0.2, 0.25) is 5.02 Å². The van der Waals surface area contributed by atoms with E-state index >= 15 is 0 Å². The van der Waals surface area contributed by atoms with Gasteiger partial charge in [-0.25, -0.2) is 0 Å². The number of amides is 1. The molecular weight excluding hydrogens is 352 g/mol. The van der Waals surface area contributed by atoms with Gasteiger partial charge in [-0.15, -0.1) is 10.2 Å². The third-order valence-electron chi connectivity index (χ3n) is 4.13. The molecule has 26 heavy (non-hydrogen) atoms.